The highest BCUT2D eigenvalue weighted by molar-refractivity contribution is 7.00. The Morgan fingerprint density at radius 1 is 0.500 bits per heavy atom. The van der Waals surface area contributed by atoms with Crippen LogP contribution in [-0.4, -0.2) is 32.3 Å². The summed E-state index contributed by atoms with van der Waals surface area (Å²) in [6.07, 6.45) is 0. The van der Waals surface area contributed by atoms with E-state index in [1.54, 1.807) is 31.7 Å². The van der Waals surface area contributed by atoms with E-state index in [4.69, 9.17) is 0 Å². The summed E-state index contributed by atoms with van der Waals surface area (Å²) in [7, 11) is -6.03. The van der Waals surface area contributed by atoms with Crippen LogP contribution in [0.1, 0.15) is 26.3 Å². The first-order valence-corrected chi connectivity index (χ1v) is 27.1. The van der Waals surface area contributed by atoms with Gasteiger partial charge in [0, 0.05) is 0 Å². The van der Waals surface area contributed by atoms with Crippen LogP contribution < -0.4 is 20.7 Å². The quantitative estimate of drug-likeness (QED) is 0.246. The first-order valence-electron chi connectivity index (χ1n) is 13.1. The van der Waals surface area contributed by atoms with Crippen LogP contribution in [-0.2, 0) is 5.41 Å². The van der Waals surface area contributed by atoms with E-state index in [1.807, 2.05) is 0 Å². The van der Waals surface area contributed by atoms with Crippen molar-refractivity contribution in [2.75, 3.05) is 0 Å². The van der Waals surface area contributed by atoms with E-state index in [1.165, 1.54) is 16.2 Å². The molecule has 0 aromatic heterocycles. The van der Waals surface area contributed by atoms with Gasteiger partial charge in [-0.2, -0.15) is 0 Å². The Balaban J connectivity index is 2.73. The summed E-state index contributed by atoms with van der Waals surface area (Å²) in [5.74, 6) is 0. The molecule has 0 bridgehead atoms. The van der Waals surface area contributed by atoms with Gasteiger partial charge in [-0.05, 0) is 38.6 Å². The van der Waals surface area contributed by atoms with Crippen molar-refractivity contribution in [3.8, 4) is 0 Å². The maximum absolute atomic E-state index is 2.67. The molecule has 0 saturated heterocycles. The summed E-state index contributed by atoms with van der Waals surface area (Å²) >= 11 is 0. The van der Waals surface area contributed by atoms with Gasteiger partial charge in [0.15, 0.2) is 0 Å². The Hall–Kier alpha value is -0.952. The second kappa shape index (κ2) is 8.29. The zero-order chi connectivity index (χ0) is 26.2. The lowest BCUT2D eigenvalue weighted by Gasteiger charge is -2.35. The van der Waals surface area contributed by atoms with Crippen molar-refractivity contribution in [3.05, 3.63) is 35.9 Å². The van der Waals surface area contributed by atoms with E-state index < -0.39 is 32.3 Å². The molecule has 186 valence electrons. The number of hydrogen-bond donors (Lipinski definition) is 0. The summed E-state index contributed by atoms with van der Waals surface area (Å²) in [5, 5.41) is 12.8. The molecule has 0 radical (unpaired) electrons. The van der Waals surface area contributed by atoms with Gasteiger partial charge in [0.05, 0.1) is 32.3 Å². The van der Waals surface area contributed by atoms with Crippen LogP contribution in [0.25, 0.3) is 21.5 Å². The molecule has 0 saturated carbocycles. The van der Waals surface area contributed by atoms with Crippen molar-refractivity contribution in [1.29, 1.82) is 0 Å². The smallest absolute Gasteiger partial charge is 0.0656 e. The number of fused-ring (bicyclic) bond motifs is 2. The molecule has 3 rings (SSSR count). The fraction of sp³-hybridized carbons (Fsp3) is 0.533. The highest BCUT2D eigenvalue weighted by Crippen LogP contribution is 2.37. The highest BCUT2D eigenvalue weighted by atomic mass is 28.3. The third-order valence-electron chi connectivity index (χ3n) is 7.18. The first kappa shape index (κ1) is 27.6. The largest absolute Gasteiger partial charge is 0.0782 e. The Morgan fingerprint density at radius 2 is 0.971 bits per heavy atom. The second-order valence-electron chi connectivity index (χ2n) is 15.7. The molecule has 0 atom stereocenters. The van der Waals surface area contributed by atoms with Gasteiger partial charge in [0.1, 0.15) is 0 Å². The molecule has 0 amide bonds. The van der Waals surface area contributed by atoms with Gasteiger partial charge in [-0.15, -0.1) is 0 Å². The summed E-state index contributed by atoms with van der Waals surface area (Å²) in [6, 6.07) is 12.8. The van der Waals surface area contributed by atoms with Gasteiger partial charge < -0.3 is 0 Å². The molecule has 0 spiro atoms. The van der Waals surface area contributed by atoms with Gasteiger partial charge in [0.25, 0.3) is 0 Å². The molecule has 0 aliphatic heterocycles. The normalized spacial score (nSPS) is 14.3. The molecule has 0 aliphatic rings. The van der Waals surface area contributed by atoms with Crippen LogP contribution in [0.5, 0.6) is 0 Å². The van der Waals surface area contributed by atoms with E-state index >= 15 is 0 Å². The van der Waals surface area contributed by atoms with Crippen LogP contribution in [0.3, 0.4) is 0 Å². The number of hydrogen-bond acceptors (Lipinski definition) is 0. The molecule has 0 fully saturated rings. The van der Waals surface area contributed by atoms with Crippen LogP contribution in [0.2, 0.25) is 78.6 Å². The third-order valence-corrected chi connectivity index (χ3v) is 15.8. The van der Waals surface area contributed by atoms with Crippen molar-refractivity contribution in [2.45, 2.75) is 105 Å². The van der Waals surface area contributed by atoms with E-state index in [2.05, 4.69) is 130 Å². The van der Waals surface area contributed by atoms with Crippen molar-refractivity contribution >= 4 is 74.6 Å². The summed E-state index contributed by atoms with van der Waals surface area (Å²) in [4.78, 5) is 0. The number of benzene rings is 3. The molecular weight excluding hydrogens is 473 g/mol. The highest BCUT2D eigenvalue weighted by Gasteiger charge is 2.34. The number of rotatable bonds is 4. The molecule has 3 aromatic carbocycles. The Labute approximate surface area is 214 Å². The lowest BCUT2D eigenvalue weighted by atomic mass is 9.80. The Kier molecular flexibility index (Phi) is 6.74. The Bertz CT molecular complexity index is 1250. The van der Waals surface area contributed by atoms with Crippen LogP contribution in [0, 0.1) is 0 Å². The van der Waals surface area contributed by atoms with E-state index in [0.29, 0.717) is 0 Å². The average Bonchev–Trinajstić information content (AvgIpc) is 2.59. The second-order valence-corrected chi connectivity index (χ2v) is 35.8. The molecule has 0 heterocycles. The lowest BCUT2D eigenvalue weighted by molar-refractivity contribution is 0.601. The fourth-order valence-electron chi connectivity index (χ4n) is 5.69. The minimum absolute atomic E-state index is 0.0849. The van der Waals surface area contributed by atoms with Crippen molar-refractivity contribution in [3.63, 3.8) is 0 Å². The van der Waals surface area contributed by atoms with Crippen LogP contribution in [0.15, 0.2) is 30.3 Å². The maximum atomic E-state index is 2.67. The topological polar surface area (TPSA) is 0 Å². The molecular formula is C30H50Si4. The van der Waals surface area contributed by atoms with Gasteiger partial charge in [-0.1, -0.05) is 144 Å². The maximum Gasteiger partial charge on any atom is 0.0782 e. The molecule has 0 N–H and O–H groups in total. The van der Waals surface area contributed by atoms with Gasteiger partial charge in [-0.25, -0.2) is 0 Å². The first-order chi connectivity index (χ1) is 15.0. The standard InChI is InChI=1S/C30H50Si4/c1-30(2,3)28-23-20-26(33(10,11)12)25(32(7,8)9)19-22(23)18-21-16-17-24(31(4,5)6)29(27(21)28)34(13,14)15/h16-20H,1-15H3. The average molecular weight is 523 g/mol. The fourth-order valence-corrected chi connectivity index (χ4v) is 16.5. The van der Waals surface area contributed by atoms with Crippen molar-refractivity contribution in [2.24, 2.45) is 0 Å². The van der Waals surface area contributed by atoms with Crippen LogP contribution >= 0.6 is 0 Å². The van der Waals surface area contributed by atoms with Gasteiger partial charge >= 0.3 is 0 Å². The zero-order valence-corrected chi connectivity index (χ0v) is 28.9. The van der Waals surface area contributed by atoms with Crippen molar-refractivity contribution < 1.29 is 0 Å². The van der Waals surface area contributed by atoms with E-state index in [9.17, 15) is 0 Å². The predicted octanol–water partition coefficient (Wildman–Crippen LogP) is 7.47. The minimum atomic E-state index is -1.59. The summed E-state index contributed by atoms with van der Waals surface area (Å²) < 4.78 is 0. The molecule has 4 heteroatoms. The van der Waals surface area contributed by atoms with Crippen LogP contribution in [0.4, 0.5) is 0 Å². The zero-order valence-electron chi connectivity index (χ0n) is 24.9. The summed E-state index contributed by atoms with van der Waals surface area (Å²) in [5.41, 5.74) is 1.68. The van der Waals surface area contributed by atoms with E-state index in [0.717, 1.165) is 0 Å². The molecule has 0 unspecified atom stereocenters. The molecule has 0 nitrogen and oxygen atoms in total. The third kappa shape index (κ3) is 5.11. The SMILES string of the molecule is CC(C)(C)c1c2cc([Si](C)(C)C)c([Si](C)(C)C)cc2cc2ccc([Si](C)(C)C)c([Si](C)(C)C)c12. The van der Waals surface area contributed by atoms with Gasteiger partial charge in [-0.3, -0.25) is 0 Å². The van der Waals surface area contributed by atoms with E-state index in [-0.39, 0.29) is 5.41 Å². The monoisotopic (exact) mass is 522 g/mol. The predicted molar refractivity (Wildman–Crippen MR) is 172 cm³/mol. The Morgan fingerprint density at radius 3 is 1.38 bits per heavy atom. The molecule has 34 heavy (non-hydrogen) atoms. The summed E-state index contributed by atoms with van der Waals surface area (Å²) in [6.45, 7) is 37.7. The molecule has 0 aliphatic carbocycles. The minimum Gasteiger partial charge on any atom is -0.0656 e. The lowest BCUT2D eigenvalue weighted by Crippen LogP contribution is -2.57. The van der Waals surface area contributed by atoms with Crippen molar-refractivity contribution in [1.82, 2.24) is 0 Å². The molecule has 3 aromatic rings. The van der Waals surface area contributed by atoms with Gasteiger partial charge in [0.2, 0.25) is 0 Å².